The van der Waals surface area contributed by atoms with Gasteiger partial charge in [0.25, 0.3) is 0 Å². The van der Waals surface area contributed by atoms with Gasteiger partial charge in [-0.25, -0.2) is 4.99 Å². The molecule has 0 aliphatic heterocycles. The molecule has 0 saturated heterocycles. The lowest BCUT2D eigenvalue weighted by Gasteiger charge is -2.19. The molecule has 0 unspecified atom stereocenters. The summed E-state index contributed by atoms with van der Waals surface area (Å²) in [7, 11) is 1.66. The highest BCUT2D eigenvalue weighted by atomic mass is 127. The van der Waals surface area contributed by atoms with E-state index >= 15 is 0 Å². The second-order valence-corrected chi connectivity index (χ2v) is 6.49. The molecule has 30 heavy (non-hydrogen) atoms. The van der Waals surface area contributed by atoms with Gasteiger partial charge in [-0.3, -0.25) is 0 Å². The van der Waals surface area contributed by atoms with E-state index in [2.05, 4.69) is 34.4 Å². The summed E-state index contributed by atoms with van der Waals surface area (Å²) in [5, 5.41) is 6.51. The third kappa shape index (κ3) is 8.83. The van der Waals surface area contributed by atoms with Crippen molar-refractivity contribution in [1.29, 1.82) is 0 Å². The normalized spacial score (nSPS) is 11.2. The molecule has 0 saturated carbocycles. The van der Waals surface area contributed by atoms with Crippen molar-refractivity contribution in [2.45, 2.75) is 33.9 Å². The van der Waals surface area contributed by atoms with Gasteiger partial charge in [0, 0.05) is 13.1 Å². The molecular formula is C22H35IN4O3. The Morgan fingerprint density at radius 1 is 1.10 bits per heavy atom. The number of nitrogens with zero attached hydrogens (tertiary/aromatic N) is 2. The Bertz CT molecular complexity index is 734. The number of benzene rings is 1. The Morgan fingerprint density at radius 3 is 2.53 bits per heavy atom. The Morgan fingerprint density at radius 2 is 1.90 bits per heavy atom. The Balaban J connectivity index is 0.00000450. The summed E-state index contributed by atoms with van der Waals surface area (Å²) in [6, 6.07) is 9.76. The van der Waals surface area contributed by atoms with E-state index in [1.54, 1.807) is 13.4 Å². The number of hydrogen-bond donors (Lipinski definition) is 2. The summed E-state index contributed by atoms with van der Waals surface area (Å²) < 4.78 is 16.8. The number of ether oxygens (including phenoxy) is 2. The molecule has 0 aliphatic carbocycles. The molecule has 2 rings (SSSR count). The molecule has 2 N–H and O–H groups in total. The predicted octanol–water partition coefficient (Wildman–Crippen LogP) is 3.88. The molecule has 0 amide bonds. The van der Waals surface area contributed by atoms with Crippen molar-refractivity contribution >= 4 is 29.9 Å². The first-order chi connectivity index (χ1) is 14.2. The molecule has 0 fully saturated rings. The minimum atomic E-state index is 0. The maximum atomic E-state index is 5.92. The Kier molecular flexibility index (Phi) is 13.0. The van der Waals surface area contributed by atoms with Crippen LogP contribution in [0.3, 0.4) is 0 Å². The van der Waals surface area contributed by atoms with Crippen LogP contribution < -0.4 is 20.1 Å². The van der Waals surface area contributed by atoms with Gasteiger partial charge in [-0.15, -0.1) is 24.0 Å². The number of hydrogen-bond acceptors (Lipinski definition) is 5. The number of rotatable bonds is 12. The van der Waals surface area contributed by atoms with E-state index in [4.69, 9.17) is 13.9 Å². The average molecular weight is 530 g/mol. The topological polar surface area (TPSA) is 71.3 Å². The molecule has 8 heteroatoms. The molecule has 1 aromatic heterocycles. The van der Waals surface area contributed by atoms with Crippen LogP contribution >= 0.6 is 24.0 Å². The fourth-order valence-corrected chi connectivity index (χ4v) is 2.85. The molecule has 168 valence electrons. The van der Waals surface area contributed by atoms with Crippen LogP contribution in [-0.2, 0) is 13.1 Å². The van der Waals surface area contributed by atoms with Crippen LogP contribution in [-0.4, -0.2) is 50.8 Å². The van der Waals surface area contributed by atoms with E-state index in [9.17, 15) is 0 Å². The van der Waals surface area contributed by atoms with Crippen LogP contribution in [0.25, 0.3) is 0 Å². The molecule has 0 atom stereocenters. The highest BCUT2D eigenvalue weighted by molar-refractivity contribution is 14.0. The Labute approximate surface area is 197 Å². The third-order valence-corrected chi connectivity index (χ3v) is 4.56. The second kappa shape index (κ2) is 15.0. The number of methoxy groups -OCH3 is 1. The van der Waals surface area contributed by atoms with Crippen LogP contribution in [0.2, 0.25) is 0 Å². The first-order valence-corrected chi connectivity index (χ1v) is 10.3. The molecule has 1 heterocycles. The van der Waals surface area contributed by atoms with Gasteiger partial charge < -0.3 is 29.4 Å². The summed E-state index contributed by atoms with van der Waals surface area (Å²) >= 11 is 0. The van der Waals surface area contributed by atoms with E-state index in [0.29, 0.717) is 19.7 Å². The fraction of sp³-hybridized carbons (Fsp3) is 0.500. The van der Waals surface area contributed by atoms with Crippen molar-refractivity contribution < 1.29 is 13.9 Å². The third-order valence-electron chi connectivity index (χ3n) is 4.56. The van der Waals surface area contributed by atoms with Crippen LogP contribution in [0.5, 0.6) is 11.5 Å². The van der Waals surface area contributed by atoms with E-state index in [-0.39, 0.29) is 24.0 Å². The summed E-state index contributed by atoms with van der Waals surface area (Å²) in [5.74, 6) is 3.09. The zero-order valence-corrected chi connectivity index (χ0v) is 20.8. The Hall–Kier alpha value is -1.94. The average Bonchev–Trinajstić information content (AvgIpc) is 3.27. The monoisotopic (exact) mass is 530 g/mol. The number of aliphatic imine (C=N–C) groups is 1. The fourth-order valence-electron chi connectivity index (χ4n) is 2.85. The van der Waals surface area contributed by atoms with Gasteiger partial charge in [0.2, 0.25) is 0 Å². The molecule has 1 aromatic carbocycles. The molecule has 0 radical (unpaired) electrons. The minimum Gasteiger partial charge on any atom is -0.493 e. The van der Waals surface area contributed by atoms with E-state index in [0.717, 1.165) is 55.0 Å². The molecular weight excluding hydrogens is 495 g/mol. The van der Waals surface area contributed by atoms with E-state index in [1.165, 1.54) is 0 Å². The van der Waals surface area contributed by atoms with Gasteiger partial charge in [-0.2, -0.15) is 0 Å². The van der Waals surface area contributed by atoms with Gasteiger partial charge in [0.15, 0.2) is 17.5 Å². The van der Waals surface area contributed by atoms with Gasteiger partial charge in [-0.1, -0.05) is 19.9 Å². The second-order valence-electron chi connectivity index (χ2n) is 6.49. The minimum absolute atomic E-state index is 0. The largest absolute Gasteiger partial charge is 0.493 e. The number of likely N-dealkylation sites (N-methyl/N-ethyl adjacent to an activating group) is 1. The molecule has 2 aromatic rings. The van der Waals surface area contributed by atoms with Gasteiger partial charge in [-0.05, 0) is 49.8 Å². The van der Waals surface area contributed by atoms with Gasteiger partial charge in [0.05, 0.1) is 26.5 Å². The summed E-state index contributed by atoms with van der Waals surface area (Å²) in [4.78, 5) is 6.97. The lowest BCUT2D eigenvalue weighted by Crippen LogP contribution is -2.36. The van der Waals surface area contributed by atoms with Crippen LogP contribution in [0.1, 0.15) is 32.1 Å². The van der Waals surface area contributed by atoms with Crippen molar-refractivity contribution in [2.75, 3.05) is 39.9 Å². The van der Waals surface area contributed by atoms with Crippen molar-refractivity contribution in [3.8, 4) is 11.5 Å². The first kappa shape index (κ1) is 26.1. The molecule has 0 spiro atoms. The smallest absolute Gasteiger partial charge is 0.191 e. The van der Waals surface area contributed by atoms with Crippen LogP contribution in [0.15, 0.2) is 46.0 Å². The van der Waals surface area contributed by atoms with Crippen LogP contribution in [0.4, 0.5) is 0 Å². The maximum absolute atomic E-state index is 5.92. The van der Waals surface area contributed by atoms with Crippen molar-refractivity contribution in [3.05, 3.63) is 47.9 Å². The predicted molar refractivity (Wildman–Crippen MR) is 132 cm³/mol. The van der Waals surface area contributed by atoms with Crippen molar-refractivity contribution in [1.82, 2.24) is 15.5 Å². The zero-order valence-electron chi connectivity index (χ0n) is 18.4. The maximum Gasteiger partial charge on any atom is 0.191 e. The molecule has 0 aliphatic rings. The summed E-state index contributed by atoms with van der Waals surface area (Å²) in [6.45, 7) is 11.8. The number of nitrogens with one attached hydrogen (secondary N) is 2. The SMILES string of the molecule is CCNC(=NCc1ccc(OCCN(CC)CC)c(OC)c1)NCc1ccco1.I. The van der Waals surface area contributed by atoms with Crippen molar-refractivity contribution in [3.63, 3.8) is 0 Å². The molecule has 7 nitrogen and oxygen atoms in total. The highest BCUT2D eigenvalue weighted by Gasteiger charge is 2.08. The highest BCUT2D eigenvalue weighted by Crippen LogP contribution is 2.28. The standard InChI is InChI=1S/C22H34N4O3.HI/c1-5-23-22(25-17-19-9-8-13-28-19)24-16-18-10-11-20(21(15-18)27-4)29-14-12-26(6-2)7-3;/h8-11,13,15H,5-7,12,14,16-17H2,1-4H3,(H2,23,24,25);1H. The van der Waals surface area contributed by atoms with E-state index < -0.39 is 0 Å². The molecule has 0 bridgehead atoms. The summed E-state index contributed by atoms with van der Waals surface area (Å²) in [5.41, 5.74) is 1.05. The zero-order chi connectivity index (χ0) is 20.9. The van der Waals surface area contributed by atoms with E-state index in [1.807, 2.05) is 37.3 Å². The number of guanidine groups is 1. The van der Waals surface area contributed by atoms with Crippen molar-refractivity contribution in [2.24, 2.45) is 4.99 Å². The summed E-state index contributed by atoms with van der Waals surface area (Å²) in [6.07, 6.45) is 1.67. The lowest BCUT2D eigenvalue weighted by atomic mass is 10.2. The van der Waals surface area contributed by atoms with Crippen LogP contribution in [0, 0.1) is 0 Å². The number of halogens is 1. The van der Waals surface area contributed by atoms with Gasteiger partial charge >= 0.3 is 0 Å². The quantitative estimate of drug-likeness (QED) is 0.247. The first-order valence-electron chi connectivity index (χ1n) is 10.3. The van der Waals surface area contributed by atoms with Gasteiger partial charge in [0.1, 0.15) is 12.4 Å². The number of furan rings is 1. The lowest BCUT2D eigenvalue weighted by molar-refractivity contribution is 0.217.